The van der Waals surface area contributed by atoms with Gasteiger partial charge in [-0.25, -0.2) is 4.39 Å². The number of aromatic amines is 1. The maximum absolute atomic E-state index is 13.4. The van der Waals surface area contributed by atoms with E-state index < -0.39 is 11.4 Å². The number of nitrogens with zero attached hydrogens (tertiary/aromatic N) is 2. The number of H-pyrrole nitrogens is 1. The third kappa shape index (κ3) is 2.72. The lowest BCUT2D eigenvalue weighted by Gasteiger charge is -2.29. The summed E-state index contributed by atoms with van der Waals surface area (Å²) in [4.78, 5) is 32.8. The summed E-state index contributed by atoms with van der Waals surface area (Å²) in [7, 11) is 0. The molecule has 2 fully saturated rings. The Kier molecular flexibility index (Phi) is 4.02. The van der Waals surface area contributed by atoms with Gasteiger partial charge in [0, 0.05) is 19.1 Å². The zero-order chi connectivity index (χ0) is 19.3. The number of halogens is 1. The van der Waals surface area contributed by atoms with Crippen LogP contribution in [0.2, 0.25) is 0 Å². The van der Waals surface area contributed by atoms with Crippen LogP contribution in [0.4, 0.5) is 4.39 Å². The zero-order valence-corrected chi connectivity index (χ0v) is 15.3. The SMILES string of the molecule is O=C(c1cc2ccc(F)cc2[nH]c1=O)N1CC2CCCN2C1c1ccccc1. The topological polar surface area (TPSA) is 56.4 Å². The molecule has 5 nitrogen and oxygen atoms in total. The predicted molar refractivity (Wildman–Crippen MR) is 104 cm³/mol. The lowest BCUT2D eigenvalue weighted by molar-refractivity contribution is 0.0637. The van der Waals surface area contributed by atoms with Crippen molar-refractivity contribution >= 4 is 16.8 Å². The second-order valence-electron chi connectivity index (χ2n) is 7.52. The number of pyridine rings is 1. The van der Waals surface area contributed by atoms with Crippen molar-refractivity contribution in [1.29, 1.82) is 0 Å². The molecule has 0 bridgehead atoms. The number of amides is 1. The largest absolute Gasteiger partial charge is 0.321 e. The van der Waals surface area contributed by atoms with Gasteiger partial charge in [-0.15, -0.1) is 0 Å². The van der Waals surface area contributed by atoms with Crippen molar-refractivity contribution in [3.8, 4) is 0 Å². The van der Waals surface area contributed by atoms with E-state index >= 15 is 0 Å². The lowest BCUT2D eigenvalue weighted by Crippen LogP contribution is -2.37. The first-order chi connectivity index (χ1) is 13.6. The molecule has 2 atom stereocenters. The first kappa shape index (κ1) is 17.1. The molecule has 2 aliphatic heterocycles. The molecular formula is C22H20FN3O2. The van der Waals surface area contributed by atoms with E-state index in [1.807, 2.05) is 30.3 Å². The molecule has 0 radical (unpaired) electrons. The average Bonchev–Trinajstić information content (AvgIpc) is 3.28. The standard InChI is InChI=1S/C22H20FN3O2/c23-16-9-8-15-11-18(20(27)24-19(15)12-16)22(28)26-13-17-7-4-10-25(17)21(26)14-5-2-1-3-6-14/h1-3,5-6,8-9,11-12,17,21H,4,7,10,13H2,(H,24,27). The summed E-state index contributed by atoms with van der Waals surface area (Å²) in [5.41, 5.74) is 1.06. The van der Waals surface area contributed by atoms with Gasteiger partial charge in [0.1, 0.15) is 17.5 Å². The van der Waals surface area contributed by atoms with Gasteiger partial charge < -0.3 is 9.88 Å². The van der Waals surface area contributed by atoms with Crippen LogP contribution in [0.3, 0.4) is 0 Å². The lowest BCUT2D eigenvalue weighted by atomic mass is 10.1. The van der Waals surface area contributed by atoms with Gasteiger partial charge >= 0.3 is 0 Å². The number of fused-ring (bicyclic) bond motifs is 2. The summed E-state index contributed by atoms with van der Waals surface area (Å²) in [6, 6.07) is 16.0. The second-order valence-corrected chi connectivity index (χ2v) is 7.52. The molecule has 2 aliphatic rings. The second kappa shape index (κ2) is 6.56. The van der Waals surface area contributed by atoms with Crippen molar-refractivity contribution in [1.82, 2.24) is 14.8 Å². The van der Waals surface area contributed by atoms with E-state index in [4.69, 9.17) is 0 Å². The van der Waals surface area contributed by atoms with Gasteiger partial charge in [0.15, 0.2) is 0 Å². The minimum Gasteiger partial charge on any atom is -0.321 e. The van der Waals surface area contributed by atoms with Crippen LogP contribution in [0.1, 0.15) is 34.9 Å². The number of hydrogen-bond acceptors (Lipinski definition) is 3. The Bertz CT molecular complexity index is 1110. The zero-order valence-electron chi connectivity index (χ0n) is 15.3. The quantitative estimate of drug-likeness (QED) is 0.746. The first-order valence-corrected chi connectivity index (χ1v) is 9.56. The van der Waals surface area contributed by atoms with Gasteiger partial charge in [-0.1, -0.05) is 30.3 Å². The number of benzene rings is 2. The number of aromatic nitrogens is 1. The fourth-order valence-corrected chi connectivity index (χ4v) is 4.56. The summed E-state index contributed by atoms with van der Waals surface area (Å²) in [5, 5.41) is 0.639. The molecule has 2 aromatic carbocycles. The van der Waals surface area contributed by atoms with E-state index in [0.717, 1.165) is 24.9 Å². The van der Waals surface area contributed by atoms with E-state index in [0.29, 0.717) is 23.5 Å². The van der Waals surface area contributed by atoms with Crippen LogP contribution in [-0.2, 0) is 0 Å². The smallest absolute Gasteiger partial charge is 0.261 e. The molecule has 3 heterocycles. The molecule has 2 saturated heterocycles. The number of nitrogens with one attached hydrogen (secondary N) is 1. The molecule has 0 aliphatic carbocycles. The van der Waals surface area contributed by atoms with Crippen molar-refractivity contribution in [2.24, 2.45) is 0 Å². The number of hydrogen-bond donors (Lipinski definition) is 1. The Hall–Kier alpha value is -2.99. The first-order valence-electron chi connectivity index (χ1n) is 9.56. The third-order valence-corrected chi connectivity index (χ3v) is 5.84. The van der Waals surface area contributed by atoms with E-state index in [2.05, 4.69) is 9.88 Å². The Morgan fingerprint density at radius 1 is 1.11 bits per heavy atom. The summed E-state index contributed by atoms with van der Waals surface area (Å²) < 4.78 is 13.4. The van der Waals surface area contributed by atoms with Crippen LogP contribution in [-0.4, -0.2) is 39.8 Å². The maximum atomic E-state index is 13.4. The van der Waals surface area contributed by atoms with Gasteiger partial charge in [0.25, 0.3) is 11.5 Å². The molecule has 3 aromatic rings. The molecule has 5 rings (SSSR count). The van der Waals surface area contributed by atoms with Crippen LogP contribution in [0.15, 0.2) is 59.4 Å². The van der Waals surface area contributed by atoms with Crippen LogP contribution < -0.4 is 5.56 Å². The monoisotopic (exact) mass is 377 g/mol. The molecule has 0 saturated carbocycles. The normalized spacial score (nSPS) is 22.0. The van der Waals surface area contributed by atoms with Crippen molar-refractivity contribution in [3.05, 3.63) is 81.9 Å². The van der Waals surface area contributed by atoms with E-state index in [-0.39, 0.29) is 17.6 Å². The van der Waals surface area contributed by atoms with Crippen molar-refractivity contribution in [2.75, 3.05) is 13.1 Å². The molecular weight excluding hydrogens is 357 g/mol. The van der Waals surface area contributed by atoms with Crippen LogP contribution in [0.25, 0.3) is 10.9 Å². The van der Waals surface area contributed by atoms with Crippen molar-refractivity contribution in [2.45, 2.75) is 25.0 Å². The fraction of sp³-hybridized carbons (Fsp3) is 0.273. The van der Waals surface area contributed by atoms with E-state index in [1.54, 1.807) is 17.0 Å². The Labute approximate surface area is 161 Å². The highest BCUT2D eigenvalue weighted by Gasteiger charge is 2.45. The van der Waals surface area contributed by atoms with Crippen molar-refractivity contribution in [3.63, 3.8) is 0 Å². The number of carbonyl (C=O) groups is 1. The number of carbonyl (C=O) groups excluding carboxylic acids is 1. The van der Waals surface area contributed by atoms with Gasteiger partial charge in [-0.2, -0.15) is 0 Å². The Balaban J connectivity index is 1.57. The molecule has 142 valence electrons. The van der Waals surface area contributed by atoms with E-state index in [9.17, 15) is 14.0 Å². The van der Waals surface area contributed by atoms with Gasteiger partial charge in [0.2, 0.25) is 0 Å². The highest BCUT2D eigenvalue weighted by molar-refractivity contribution is 5.97. The molecule has 6 heteroatoms. The molecule has 0 spiro atoms. The van der Waals surface area contributed by atoms with Gasteiger partial charge in [-0.05, 0) is 48.1 Å². The van der Waals surface area contributed by atoms with Crippen LogP contribution >= 0.6 is 0 Å². The summed E-state index contributed by atoms with van der Waals surface area (Å²) in [5.74, 6) is -0.706. The maximum Gasteiger partial charge on any atom is 0.261 e. The predicted octanol–water partition coefficient (Wildman–Crippen LogP) is 3.29. The molecule has 28 heavy (non-hydrogen) atoms. The van der Waals surface area contributed by atoms with Gasteiger partial charge in [-0.3, -0.25) is 14.5 Å². The van der Waals surface area contributed by atoms with Crippen molar-refractivity contribution < 1.29 is 9.18 Å². The fourth-order valence-electron chi connectivity index (χ4n) is 4.56. The van der Waals surface area contributed by atoms with Gasteiger partial charge in [0.05, 0.1) is 5.52 Å². The Morgan fingerprint density at radius 2 is 1.93 bits per heavy atom. The highest BCUT2D eigenvalue weighted by Crippen LogP contribution is 2.39. The van der Waals surface area contributed by atoms with E-state index in [1.165, 1.54) is 12.1 Å². The van der Waals surface area contributed by atoms with Crippen LogP contribution in [0, 0.1) is 5.82 Å². The van der Waals surface area contributed by atoms with Crippen LogP contribution in [0.5, 0.6) is 0 Å². The third-order valence-electron chi connectivity index (χ3n) is 5.84. The molecule has 1 aromatic heterocycles. The molecule has 1 N–H and O–H groups in total. The summed E-state index contributed by atoms with van der Waals surface area (Å²) >= 11 is 0. The summed E-state index contributed by atoms with van der Waals surface area (Å²) in [6.45, 7) is 1.56. The number of rotatable bonds is 2. The Morgan fingerprint density at radius 3 is 2.75 bits per heavy atom. The molecule has 1 amide bonds. The molecule has 2 unspecified atom stereocenters. The highest BCUT2D eigenvalue weighted by atomic mass is 19.1. The minimum atomic E-state index is -0.484. The minimum absolute atomic E-state index is 0.0983. The average molecular weight is 377 g/mol. The summed E-state index contributed by atoms with van der Waals surface area (Å²) in [6.07, 6.45) is 2.02.